The molecule has 11 heteroatoms. The Hall–Kier alpha value is -3.10. The van der Waals surface area contributed by atoms with Gasteiger partial charge < -0.3 is 24.4 Å². The molecule has 4 aliphatic heterocycles. The molecule has 4 heterocycles. The average molecular weight is 688 g/mol. The third kappa shape index (κ3) is 4.38. The third-order valence-electron chi connectivity index (χ3n) is 9.58. The van der Waals surface area contributed by atoms with Crippen molar-refractivity contribution in [2.45, 2.75) is 57.6 Å². The number of halogens is 4. The molecule has 0 bridgehead atoms. The maximum Gasteiger partial charge on any atom is 0.341 e. The second-order valence-corrected chi connectivity index (χ2v) is 14.2. The summed E-state index contributed by atoms with van der Waals surface area (Å²) < 4.78 is 13.2. The summed E-state index contributed by atoms with van der Waals surface area (Å²) in [7, 11) is 2.04. The lowest BCUT2D eigenvalue weighted by molar-refractivity contribution is -0.137. The van der Waals surface area contributed by atoms with Gasteiger partial charge in [-0.1, -0.05) is 52.5 Å². The van der Waals surface area contributed by atoms with Crippen molar-refractivity contribution in [1.29, 1.82) is 0 Å². The van der Waals surface area contributed by atoms with Gasteiger partial charge >= 0.3 is 11.9 Å². The lowest BCUT2D eigenvalue weighted by Gasteiger charge is -2.43. The molecule has 234 valence electrons. The van der Waals surface area contributed by atoms with Gasteiger partial charge in [-0.05, 0) is 63.3 Å². The first kappa shape index (κ1) is 30.5. The number of ether oxygens (including phenoxy) is 2. The van der Waals surface area contributed by atoms with E-state index in [4.69, 9.17) is 55.9 Å². The van der Waals surface area contributed by atoms with E-state index in [1.807, 2.05) is 31.3 Å². The van der Waals surface area contributed by atoms with Gasteiger partial charge in [0.25, 0.3) is 0 Å². The van der Waals surface area contributed by atoms with Gasteiger partial charge in [0.2, 0.25) is 0 Å². The van der Waals surface area contributed by atoms with E-state index in [1.54, 1.807) is 0 Å². The number of carboxylic acid groups (broad SMARTS) is 1. The van der Waals surface area contributed by atoms with Crippen molar-refractivity contribution in [3.05, 3.63) is 83.8 Å². The predicted octanol–water partition coefficient (Wildman–Crippen LogP) is 9.12. The van der Waals surface area contributed by atoms with Crippen molar-refractivity contribution in [2.24, 2.45) is 0 Å². The zero-order chi connectivity index (χ0) is 32.2. The summed E-state index contributed by atoms with van der Waals surface area (Å²) in [6, 6.07) is 7.98. The summed E-state index contributed by atoms with van der Waals surface area (Å²) in [4.78, 5) is 29.4. The van der Waals surface area contributed by atoms with Gasteiger partial charge in [-0.15, -0.1) is 0 Å². The van der Waals surface area contributed by atoms with E-state index < -0.39 is 17.5 Å². The van der Waals surface area contributed by atoms with E-state index in [9.17, 15) is 14.7 Å². The third-order valence-corrected chi connectivity index (χ3v) is 11.4. The maximum absolute atomic E-state index is 13.8. The minimum Gasteiger partial charge on any atom is -0.481 e. The average Bonchev–Trinajstić information content (AvgIpc) is 3.29. The van der Waals surface area contributed by atoms with Crippen LogP contribution in [-0.4, -0.2) is 42.7 Å². The fraction of sp³-hybridized carbons (Fsp3) is 0.353. The Balaban J connectivity index is 1.52. The smallest absolute Gasteiger partial charge is 0.341 e. The zero-order valence-corrected chi connectivity index (χ0v) is 28.1. The van der Waals surface area contributed by atoms with E-state index >= 15 is 0 Å². The summed E-state index contributed by atoms with van der Waals surface area (Å²) in [5, 5.41) is 9.30. The normalized spacial score (nSPS) is 20.4. The number of aryl methyl sites for hydroxylation is 1. The number of allylic oxidation sites excluding steroid dienone is 1. The lowest BCUT2D eigenvalue weighted by atomic mass is 9.75. The molecule has 45 heavy (non-hydrogen) atoms. The van der Waals surface area contributed by atoms with Gasteiger partial charge in [0.15, 0.2) is 5.60 Å². The van der Waals surface area contributed by atoms with E-state index in [-0.39, 0.29) is 37.6 Å². The fourth-order valence-corrected chi connectivity index (χ4v) is 8.34. The van der Waals surface area contributed by atoms with Crippen LogP contribution < -0.4 is 14.5 Å². The fourth-order valence-electron chi connectivity index (χ4n) is 7.28. The van der Waals surface area contributed by atoms with Gasteiger partial charge in [-0.25, -0.2) is 4.79 Å². The molecule has 0 saturated heterocycles. The number of anilines is 2. The van der Waals surface area contributed by atoms with Crippen LogP contribution in [0.25, 0.3) is 5.57 Å². The van der Waals surface area contributed by atoms with E-state index in [2.05, 4.69) is 36.6 Å². The second kappa shape index (κ2) is 10.5. The minimum atomic E-state index is -1.52. The van der Waals surface area contributed by atoms with Crippen molar-refractivity contribution in [3.8, 4) is 11.5 Å². The molecule has 7 nitrogen and oxygen atoms in total. The van der Waals surface area contributed by atoms with E-state index in [1.165, 1.54) is 0 Å². The van der Waals surface area contributed by atoms with E-state index in [0.29, 0.717) is 41.2 Å². The molecule has 1 N–H and O–H groups in total. The second-order valence-electron chi connectivity index (χ2n) is 12.6. The topological polar surface area (TPSA) is 79.3 Å². The van der Waals surface area contributed by atoms with Crippen molar-refractivity contribution in [3.63, 3.8) is 0 Å². The predicted molar refractivity (Wildman–Crippen MR) is 178 cm³/mol. The maximum atomic E-state index is 13.8. The quantitative estimate of drug-likeness (QED) is 0.166. The molecule has 0 aromatic heterocycles. The van der Waals surface area contributed by atoms with Crippen molar-refractivity contribution >= 4 is 75.3 Å². The number of rotatable bonds is 4. The van der Waals surface area contributed by atoms with Crippen LogP contribution in [0, 0.1) is 0 Å². The van der Waals surface area contributed by atoms with Gasteiger partial charge in [-0.2, -0.15) is 0 Å². The molecule has 3 aromatic carbocycles. The molecule has 0 radical (unpaired) electrons. The van der Waals surface area contributed by atoms with Crippen molar-refractivity contribution in [2.75, 3.05) is 29.9 Å². The molecular formula is C34H30Cl4N2O5. The summed E-state index contributed by atoms with van der Waals surface area (Å²) in [6.45, 7) is 7.73. The highest BCUT2D eigenvalue weighted by Crippen LogP contribution is 2.62. The number of hydrogen-bond acceptors (Lipinski definition) is 6. The highest BCUT2D eigenvalue weighted by Gasteiger charge is 2.57. The van der Waals surface area contributed by atoms with Crippen LogP contribution in [0.2, 0.25) is 20.1 Å². The molecular weight excluding hydrogens is 658 g/mol. The molecule has 1 unspecified atom stereocenters. The Morgan fingerprint density at radius 1 is 0.978 bits per heavy atom. The van der Waals surface area contributed by atoms with Gasteiger partial charge in [-0.3, -0.25) is 4.79 Å². The molecule has 4 aliphatic rings. The number of likely N-dealkylation sites (N-methyl/N-ethyl adjacent to an activating group) is 1. The monoisotopic (exact) mass is 686 g/mol. The van der Waals surface area contributed by atoms with Gasteiger partial charge in [0.05, 0.1) is 31.2 Å². The zero-order valence-electron chi connectivity index (χ0n) is 25.1. The molecule has 0 aliphatic carbocycles. The number of hydrogen-bond donors (Lipinski definition) is 1. The van der Waals surface area contributed by atoms with Gasteiger partial charge in [0, 0.05) is 72.3 Å². The molecule has 0 fully saturated rings. The standard InChI is InChI=1S/C34H30Cl4N2O5/c1-16-15-33(2,3)39(4)22-14-24-20(12-18(16)22)34(27-26(32(43)45-34)28(35)30(37)31(38)29(27)36)19-11-17-7-5-9-40(10-6-8-25(41)42)21(17)13-23(19)44-24/h11-15H,5-10H2,1-4H3,(H,41,42). The Bertz CT molecular complexity index is 1890. The Kier molecular flexibility index (Phi) is 7.10. The number of carbonyl (C=O) groups is 2. The molecule has 0 amide bonds. The van der Waals surface area contributed by atoms with E-state index in [0.717, 1.165) is 47.5 Å². The SMILES string of the molecule is CC1=CC(C)(C)N(C)c2cc3c(cc21)C1(OC(=O)c2c(Cl)c(Cl)c(Cl)c(Cl)c21)c1cc2c(cc1O3)N(CCCC(=O)O)CCC2. The van der Waals surface area contributed by atoms with Crippen LogP contribution in [0.4, 0.5) is 11.4 Å². The largest absolute Gasteiger partial charge is 0.481 e. The van der Waals surface area contributed by atoms with Crippen molar-refractivity contribution < 1.29 is 24.2 Å². The molecule has 3 aromatic rings. The number of nitrogens with zero attached hydrogens (tertiary/aromatic N) is 2. The number of carboxylic acids is 1. The number of benzene rings is 3. The number of aliphatic carboxylic acids is 1. The first-order chi connectivity index (χ1) is 21.3. The molecule has 7 rings (SSSR count). The van der Waals surface area contributed by atoms with Crippen LogP contribution in [0.5, 0.6) is 11.5 Å². The summed E-state index contributed by atoms with van der Waals surface area (Å²) >= 11 is 26.8. The molecule has 1 atom stereocenters. The van der Waals surface area contributed by atoms with Crippen LogP contribution in [-0.2, 0) is 21.6 Å². The van der Waals surface area contributed by atoms with Crippen LogP contribution in [0.1, 0.15) is 78.2 Å². The minimum absolute atomic E-state index is 0.0147. The van der Waals surface area contributed by atoms with Crippen LogP contribution >= 0.6 is 46.4 Å². The van der Waals surface area contributed by atoms with Crippen LogP contribution in [0.3, 0.4) is 0 Å². The van der Waals surface area contributed by atoms with Crippen LogP contribution in [0.15, 0.2) is 30.3 Å². The lowest BCUT2D eigenvalue weighted by Crippen LogP contribution is -2.42. The first-order valence-electron chi connectivity index (χ1n) is 14.8. The Morgan fingerprint density at radius 2 is 1.64 bits per heavy atom. The number of esters is 1. The summed E-state index contributed by atoms with van der Waals surface area (Å²) in [5.74, 6) is -0.483. The summed E-state index contributed by atoms with van der Waals surface area (Å²) in [5.41, 5.74) is 4.84. The molecule has 0 saturated carbocycles. The molecule has 1 spiro atoms. The Morgan fingerprint density at radius 3 is 2.36 bits per heavy atom. The Labute approximate surface area is 281 Å². The summed E-state index contributed by atoms with van der Waals surface area (Å²) in [6.07, 6.45) is 4.47. The van der Waals surface area contributed by atoms with Gasteiger partial charge in [0.1, 0.15) is 11.5 Å². The highest BCUT2D eigenvalue weighted by molar-refractivity contribution is 6.53. The highest BCUT2D eigenvalue weighted by atomic mass is 35.5. The number of carbonyl (C=O) groups excluding carboxylic acids is 1. The number of fused-ring (bicyclic) bond motifs is 8. The van der Waals surface area contributed by atoms with Crippen molar-refractivity contribution in [1.82, 2.24) is 0 Å². The first-order valence-corrected chi connectivity index (χ1v) is 16.3.